The minimum absolute atomic E-state index is 0.0314. The van der Waals surface area contributed by atoms with Gasteiger partial charge in [-0.2, -0.15) is 5.10 Å². The van der Waals surface area contributed by atoms with E-state index in [0.29, 0.717) is 19.6 Å². The molecule has 2 rings (SSSR count). The van der Waals surface area contributed by atoms with Gasteiger partial charge in [0.25, 0.3) is 5.91 Å². The van der Waals surface area contributed by atoms with Crippen LogP contribution in [0.1, 0.15) is 29.8 Å². The molecule has 1 aromatic rings. The van der Waals surface area contributed by atoms with Gasteiger partial charge in [0.1, 0.15) is 0 Å². The number of aryl methyl sites for hydroxylation is 2. The third-order valence-corrected chi connectivity index (χ3v) is 3.27. The molecular weight excluding hydrogens is 218 g/mol. The largest absolute Gasteiger partial charge is 0.272 e. The second kappa shape index (κ2) is 4.87. The van der Waals surface area contributed by atoms with E-state index < -0.39 is 0 Å². The zero-order valence-electron chi connectivity index (χ0n) is 10.7. The standard InChI is InChI=1S/C12H19N3O2/c1-9-11(10(2)14(3)13-9)8-12(16)15-6-4-5-7-17-15/h4-8H2,1-3H3. The number of rotatable bonds is 2. The van der Waals surface area contributed by atoms with Crippen LogP contribution in [0.3, 0.4) is 0 Å². The molecule has 1 aromatic heterocycles. The Kier molecular flexibility index (Phi) is 3.47. The van der Waals surface area contributed by atoms with E-state index in [1.54, 1.807) is 0 Å². The fraction of sp³-hybridized carbons (Fsp3) is 0.667. The molecule has 1 fully saturated rings. The van der Waals surface area contributed by atoms with Crippen LogP contribution in [0.25, 0.3) is 0 Å². The molecule has 1 saturated heterocycles. The van der Waals surface area contributed by atoms with Crippen LogP contribution in [0.4, 0.5) is 0 Å². The molecule has 0 N–H and O–H groups in total. The second-order valence-corrected chi connectivity index (χ2v) is 4.49. The van der Waals surface area contributed by atoms with Crippen molar-refractivity contribution >= 4 is 5.91 Å². The first kappa shape index (κ1) is 12.1. The molecule has 94 valence electrons. The third kappa shape index (κ3) is 2.49. The van der Waals surface area contributed by atoms with Crippen molar-refractivity contribution in [2.45, 2.75) is 33.1 Å². The number of aromatic nitrogens is 2. The van der Waals surface area contributed by atoms with Gasteiger partial charge >= 0.3 is 0 Å². The Morgan fingerprint density at radius 3 is 2.71 bits per heavy atom. The third-order valence-electron chi connectivity index (χ3n) is 3.27. The van der Waals surface area contributed by atoms with Gasteiger partial charge in [-0.1, -0.05) is 0 Å². The predicted molar refractivity (Wildman–Crippen MR) is 63.3 cm³/mol. The molecule has 0 radical (unpaired) electrons. The van der Waals surface area contributed by atoms with Gasteiger partial charge in [-0.3, -0.25) is 14.3 Å². The first-order chi connectivity index (χ1) is 8.09. The Bertz CT molecular complexity index is 420. The van der Waals surface area contributed by atoms with Crippen LogP contribution < -0.4 is 0 Å². The molecule has 0 aromatic carbocycles. The Labute approximate surface area is 101 Å². The maximum Gasteiger partial charge on any atom is 0.250 e. The first-order valence-corrected chi connectivity index (χ1v) is 6.02. The average molecular weight is 237 g/mol. The lowest BCUT2D eigenvalue weighted by molar-refractivity contribution is -0.196. The fourth-order valence-electron chi connectivity index (χ4n) is 2.11. The van der Waals surface area contributed by atoms with Gasteiger partial charge in [-0.15, -0.1) is 0 Å². The number of hydrogen-bond donors (Lipinski definition) is 0. The summed E-state index contributed by atoms with van der Waals surface area (Å²) in [4.78, 5) is 17.4. The highest BCUT2D eigenvalue weighted by molar-refractivity contribution is 5.78. The fourth-order valence-corrected chi connectivity index (χ4v) is 2.11. The zero-order valence-corrected chi connectivity index (χ0v) is 10.7. The van der Waals surface area contributed by atoms with E-state index in [2.05, 4.69) is 5.10 Å². The summed E-state index contributed by atoms with van der Waals surface area (Å²) in [6.45, 7) is 5.28. The smallest absolute Gasteiger partial charge is 0.250 e. The monoisotopic (exact) mass is 237 g/mol. The van der Waals surface area contributed by atoms with Crippen molar-refractivity contribution in [3.8, 4) is 0 Å². The Morgan fingerprint density at radius 1 is 1.41 bits per heavy atom. The van der Waals surface area contributed by atoms with E-state index in [4.69, 9.17) is 4.84 Å². The van der Waals surface area contributed by atoms with E-state index in [1.807, 2.05) is 25.6 Å². The van der Waals surface area contributed by atoms with Crippen molar-refractivity contribution in [1.29, 1.82) is 0 Å². The highest BCUT2D eigenvalue weighted by atomic mass is 16.7. The van der Waals surface area contributed by atoms with E-state index in [0.717, 1.165) is 29.8 Å². The molecule has 0 saturated carbocycles. The summed E-state index contributed by atoms with van der Waals surface area (Å²) in [5.41, 5.74) is 3.00. The van der Waals surface area contributed by atoms with E-state index >= 15 is 0 Å². The lowest BCUT2D eigenvalue weighted by Gasteiger charge is -2.25. The van der Waals surface area contributed by atoms with Crippen LogP contribution in [0.5, 0.6) is 0 Å². The van der Waals surface area contributed by atoms with Gasteiger partial charge in [0.15, 0.2) is 0 Å². The summed E-state index contributed by atoms with van der Waals surface area (Å²) in [6, 6.07) is 0. The summed E-state index contributed by atoms with van der Waals surface area (Å²) < 4.78 is 1.81. The van der Waals surface area contributed by atoms with Crippen LogP contribution in [-0.2, 0) is 23.1 Å². The molecule has 0 atom stereocenters. The molecule has 0 aliphatic carbocycles. The topological polar surface area (TPSA) is 47.4 Å². The SMILES string of the molecule is Cc1nn(C)c(C)c1CC(=O)N1CCCCO1. The van der Waals surface area contributed by atoms with Crippen molar-refractivity contribution in [1.82, 2.24) is 14.8 Å². The van der Waals surface area contributed by atoms with Crippen LogP contribution >= 0.6 is 0 Å². The second-order valence-electron chi connectivity index (χ2n) is 4.49. The molecule has 1 aliphatic heterocycles. The van der Waals surface area contributed by atoms with Gasteiger partial charge in [0.05, 0.1) is 18.7 Å². The lowest BCUT2D eigenvalue weighted by Crippen LogP contribution is -2.36. The molecule has 0 spiro atoms. The maximum absolute atomic E-state index is 12.0. The predicted octanol–water partition coefficient (Wildman–Crippen LogP) is 1.13. The van der Waals surface area contributed by atoms with Crippen molar-refractivity contribution in [3.05, 3.63) is 17.0 Å². The molecular formula is C12H19N3O2. The van der Waals surface area contributed by atoms with Gasteiger partial charge in [0.2, 0.25) is 0 Å². The number of hydrogen-bond acceptors (Lipinski definition) is 3. The average Bonchev–Trinajstić information content (AvgIpc) is 2.57. The summed E-state index contributed by atoms with van der Waals surface area (Å²) in [7, 11) is 1.90. The highest BCUT2D eigenvalue weighted by Crippen LogP contribution is 2.15. The molecule has 1 amide bonds. The van der Waals surface area contributed by atoms with Crippen LogP contribution in [0.2, 0.25) is 0 Å². The van der Waals surface area contributed by atoms with Crippen molar-refractivity contribution in [2.24, 2.45) is 7.05 Å². The molecule has 17 heavy (non-hydrogen) atoms. The van der Waals surface area contributed by atoms with Crippen LogP contribution in [-0.4, -0.2) is 33.9 Å². The van der Waals surface area contributed by atoms with Crippen LogP contribution in [0.15, 0.2) is 0 Å². The Balaban J connectivity index is 2.07. The van der Waals surface area contributed by atoms with E-state index in [1.165, 1.54) is 5.06 Å². The van der Waals surface area contributed by atoms with E-state index in [9.17, 15) is 4.79 Å². The first-order valence-electron chi connectivity index (χ1n) is 6.02. The number of nitrogens with zero attached hydrogens (tertiary/aromatic N) is 3. The number of carbonyl (C=O) groups excluding carboxylic acids is 1. The highest BCUT2D eigenvalue weighted by Gasteiger charge is 2.21. The van der Waals surface area contributed by atoms with Gasteiger partial charge in [-0.05, 0) is 26.7 Å². The van der Waals surface area contributed by atoms with Crippen molar-refractivity contribution in [3.63, 3.8) is 0 Å². The van der Waals surface area contributed by atoms with E-state index in [-0.39, 0.29) is 5.91 Å². The summed E-state index contributed by atoms with van der Waals surface area (Å²) >= 11 is 0. The van der Waals surface area contributed by atoms with Crippen molar-refractivity contribution < 1.29 is 9.63 Å². The number of hydroxylamine groups is 2. The summed E-state index contributed by atoms with van der Waals surface area (Å²) in [5.74, 6) is 0.0314. The summed E-state index contributed by atoms with van der Waals surface area (Å²) in [6.07, 6.45) is 2.44. The number of carbonyl (C=O) groups is 1. The van der Waals surface area contributed by atoms with Gasteiger partial charge < -0.3 is 0 Å². The normalized spacial score (nSPS) is 16.3. The van der Waals surface area contributed by atoms with Gasteiger partial charge in [-0.25, -0.2) is 5.06 Å². The molecule has 1 aliphatic rings. The molecule has 0 unspecified atom stereocenters. The molecule has 5 heteroatoms. The molecule has 0 bridgehead atoms. The zero-order chi connectivity index (χ0) is 12.4. The van der Waals surface area contributed by atoms with Crippen molar-refractivity contribution in [2.75, 3.05) is 13.2 Å². The van der Waals surface area contributed by atoms with Gasteiger partial charge in [0, 0.05) is 24.8 Å². The minimum atomic E-state index is 0.0314. The lowest BCUT2D eigenvalue weighted by atomic mass is 10.1. The molecule has 5 nitrogen and oxygen atoms in total. The Hall–Kier alpha value is -1.36. The Morgan fingerprint density at radius 2 is 2.18 bits per heavy atom. The molecule has 2 heterocycles. The summed E-state index contributed by atoms with van der Waals surface area (Å²) in [5, 5.41) is 5.81. The quantitative estimate of drug-likeness (QED) is 0.774. The minimum Gasteiger partial charge on any atom is -0.272 e. The van der Waals surface area contributed by atoms with Crippen LogP contribution in [0, 0.1) is 13.8 Å². The maximum atomic E-state index is 12.0. The number of amides is 1.